The molecule has 0 unspecified atom stereocenters. The van der Waals surface area contributed by atoms with Gasteiger partial charge in [-0.2, -0.15) is 0 Å². The van der Waals surface area contributed by atoms with Crippen LogP contribution in [0.2, 0.25) is 5.15 Å². The van der Waals surface area contributed by atoms with Gasteiger partial charge in [-0.25, -0.2) is 4.98 Å². The summed E-state index contributed by atoms with van der Waals surface area (Å²) in [5.41, 5.74) is 2.54. The lowest BCUT2D eigenvalue weighted by atomic mass is 10.1. The summed E-state index contributed by atoms with van der Waals surface area (Å²) in [4.78, 5) is 22.0. The number of rotatable bonds is 4. The number of aryl methyl sites for hydroxylation is 1. The quantitative estimate of drug-likeness (QED) is 0.869. The van der Waals surface area contributed by atoms with Crippen LogP contribution < -0.4 is 0 Å². The van der Waals surface area contributed by atoms with Crippen LogP contribution in [-0.4, -0.2) is 27.3 Å². The highest BCUT2D eigenvalue weighted by Crippen LogP contribution is 2.11. The molecule has 0 fully saturated rings. The molecule has 0 aliphatic carbocycles. The molecule has 0 bridgehead atoms. The molecule has 1 aromatic heterocycles. The maximum absolute atomic E-state index is 12.4. The minimum atomic E-state index is -0.163. The van der Waals surface area contributed by atoms with E-state index >= 15 is 0 Å². The molecule has 1 amide bonds. The normalized spacial score (nSPS) is 10.3. The third-order valence-corrected chi connectivity index (χ3v) is 3.13. The first-order valence-electron chi connectivity index (χ1n) is 6.42. The summed E-state index contributed by atoms with van der Waals surface area (Å²) in [5.74, 6) is -0.163. The van der Waals surface area contributed by atoms with Crippen molar-refractivity contribution >= 4 is 17.5 Å². The molecule has 1 aromatic carbocycles. The molecule has 0 radical (unpaired) electrons. The highest BCUT2D eigenvalue weighted by atomic mass is 35.5. The van der Waals surface area contributed by atoms with Crippen LogP contribution in [0.15, 0.2) is 36.7 Å². The summed E-state index contributed by atoms with van der Waals surface area (Å²) in [6, 6.07) is 8.10. The molecule has 2 aromatic rings. The highest BCUT2D eigenvalue weighted by molar-refractivity contribution is 6.29. The molecular weight excluding hydrogens is 274 g/mol. The molecule has 20 heavy (non-hydrogen) atoms. The van der Waals surface area contributed by atoms with Crippen molar-refractivity contribution in [3.8, 4) is 0 Å². The van der Waals surface area contributed by atoms with Gasteiger partial charge in [-0.05, 0) is 19.4 Å². The van der Waals surface area contributed by atoms with Crippen molar-refractivity contribution in [1.29, 1.82) is 0 Å². The van der Waals surface area contributed by atoms with Crippen LogP contribution in [0, 0.1) is 6.92 Å². The number of hydrogen-bond acceptors (Lipinski definition) is 3. The van der Waals surface area contributed by atoms with Crippen LogP contribution in [0.25, 0.3) is 0 Å². The van der Waals surface area contributed by atoms with Gasteiger partial charge in [-0.1, -0.05) is 41.4 Å². The molecule has 4 nitrogen and oxygen atoms in total. The fourth-order valence-electron chi connectivity index (χ4n) is 1.97. The number of carbonyl (C=O) groups excluding carboxylic acids is 1. The number of carbonyl (C=O) groups is 1. The van der Waals surface area contributed by atoms with E-state index in [2.05, 4.69) is 16.0 Å². The maximum Gasteiger partial charge on any atom is 0.274 e. The monoisotopic (exact) mass is 289 g/mol. The Morgan fingerprint density at radius 2 is 2.15 bits per heavy atom. The molecule has 0 saturated carbocycles. The molecule has 0 aliphatic heterocycles. The number of amides is 1. The van der Waals surface area contributed by atoms with Gasteiger partial charge in [0.05, 0.1) is 12.4 Å². The van der Waals surface area contributed by atoms with Gasteiger partial charge in [0.1, 0.15) is 10.8 Å². The number of nitrogens with zero attached hydrogens (tertiary/aromatic N) is 3. The number of benzene rings is 1. The van der Waals surface area contributed by atoms with Crippen LogP contribution in [-0.2, 0) is 6.54 Å². The minimum Gasteiger partial charge on any atom is -0.333 e. The Bertz CT molecular complexity index is 616. The van der Waals surface area contributed by atoms with E-state index in [4.69, 9.17) is 11.6 Å². The Morgan fingerprint density at radius 1 is 1.35 bits per heavy atom. The van der Waals surface area contributed by atoms with Crippen molar-refractivity contribution in [2.45, 2.75) is 20.4 Å². The van der Waals surface area contributed by atoms with Gasteiger partial charge in [0.15, 0.2) is 0 Å². The van der Waals surface area contributed by atoms with Crippen molar-refractivity contribution in [2.24, 2.45) is 0 Å². The van der Waals surface area contributed by atoms with Gasteiger partial charge < -0.3 is 4.90 Å². The molecule has 1 heterocycles. The zero-order valence-electron chi connectivity index (χ0n) is 11.5. The lowest BCUT2D eigenvalue weighted by Crippen LogP contribution is -2.31. The molecule has 104 valence electrons. The number of halogens is 1. The van der Waals surface area contributed by atoms with Crippen molar-refractivity contribution in [1.82, 2.24) is 14.9 Å². The molecule has 0 N–H and O–H groups in total. The largest absolute Gasteiger partial charge is 0.333 e. The molecule has 0 spiro atoms. The van der Waals surface area contributed by atoms with Crippen molar-refractivity contribution in [3.63, 3.8) is 0 Å². The second kappa shape index (κ2) is 6.48. The topological polar surface area (TPSA) is 46.1 Å². The van der Waals surface area contributed by atoms with Crippen LogP contribution in [0.5, 0.6) is 0 Å². The SMILES string of the molecule is CCN(Cc1cccc(C)c1)C(=O)c1cncc(Cl)n1. The van der Waals surface area contributed by atoms with Gasteiger partial charge >= 0.3 is 0 Å². The first kappa shape index (κ1) is 14.5. The summed E-state index contributed by atoms with van der Waals surface area (Å²) < 4.78 is 0. The van der Waals surface area contributed by atoms with E-state index in [9.17, 15) is 4.79 Å². The van der Waals surface area contributed by atoms with Crippen molar-refractivity contribution in [3.05, 3.63) is 58.6 Å². The third-order valence-electron chi connectivity index (χ3n) is 2.95. The van der Waals surface area contributed by atoms with Gasteiger partial charge in [0.25, 0.3) is 5.91 Å². The zero-order chi connectivity index (χ0) is 14.5. The Balaban J connectivity index is 2.18. The number of hydrogen-bond donors (Lipinski definition) is 0. The summed E-state index contributed by atoms with van der Waals surface area (Å²) in [5, 5.41) is 0.224. The molecule has 2 rings (SSSR count). The smallest absolute Gasteiger partial charge is 0.274 e. The third kappa shape index (κ3) is 3.54. The summed E-state index contributed by atoms with van der Waals surface area (Å²) in [6.45, 7) is 5.11. The fourth-order valence-corrected chi connectivity index (χ4v) is 2.11. The average molecular weight is 290 g/mol. The fraction of sp³-hybridized carbons (Fsp3) is 0.267. The Kier molecular flexibility index (Phi) is 4.69. The number of aromatic nitrogens is 2. The van der Waals surface area contributed by atoms with Gasteiger partial charge in [0.2, 0.25) is 0 Å². The summed E-state index contributed by atoms with van der Waals surface area (Å²) in [7, 11) is 0. The maximum atomic E-state index is 12.4. The zero-order valence-corrected chi connectivity index (χ0v) is 12.3. The average Bonchev–Trinajstić information content (AvgIpc) is 2.44. The Morgan fingerprint density at radius 3 is 2.80 bits per heavy atom. The Hall–Kier alpha value is -1.94. The second-order valence-corrected chi connectivity index (χ2v) is 4.92. The predicted octanol–water partition coefficient (Wildman–Crippen LogP) is 3.10. The molecule has 5 heteroatoms. The van der Waals surface area contributed by atoms with Gasteiger partial charge in [-0.3, -0.25) is 9.78 Å². The standard InChI is InChI=1S/C15H16ClN3O/c1-3-19(10-12-6-4-5-11(2)7-12)15(20)13-8-17-9-14(16)18-13/h4-9H,3,10H2,1-2H3. The van der Waals surface area contributed by atoms with Gasteiger partial charge in [0, 0.05) is 13.1 Å². The lowest BCUT2D eigenvalue weighted by Gasteiger charge is -2.20. The van der Waals surface area contributed by atoms with E-state index in [1.807, 2.05) is 32.0 Å². The van der Waals surface area contributed by atoms with E-state index in [0.29, 0.717) is 13.1 Å². The van der Waals surface area contributed by atoms with Crippen LogP contribution in [0.3, 0.4) is 0 Å². The van der Waals surface area contributed by atoms with Crippen LogP contribution >= 0.6 is 11.6 Å². The molecule has 0 saturated heterocycles. The second-order valence-electron chi connectivity index (χ2n) is 4.54. The van der Waals surface area contributed by atoms with E-state index in [0.717, 1.165) is 5.56 Å². The molecular formula is C15H16ClN3O. The van der Waals surface area contributed by atoms with E-state index in [1.165, 1.54) is 18.0 Å². The minimum absolute atomic E-state index is 0.163. The van der Waals surface area contributed by atoms with Gasteiger partial charge in [-0.15, -0.1) is 0 Å². The van der Waals surface area contributed by atoms with Crippen LogP contribution in [0.1, 0.15) is 28.5 Å². The van der Waals surface area contributed by atoms with Crippen LogP contribution in [0.4, 0.5) is 0 Å². The van der Waals surface area contributed by atoms with E-state index < -0.39 is 0 Å². The summed E-state index contributed by atoms with van der Waals surface area (Å²) >= 11 is 5.77. The highest BCUT2D eigenvalue weighted by Gasteiger charge is 2.16. The first-order valence-corrected chi connectivity index (χ1v) is 6.80. The van der Waals surface area contributed by atoms with Crippen molar-refractivity contribution in [2.75, 3.05) is 6.54 Å². The molecule has 0 atom stereocenters. The first-order chi connectivity index (χ1) is 9.60. The van der Waals surface area contributed by atoms with E-state index in [-0.39, 0.29) is 16.8 Å². The predicted molar refractivity (Wildman–Crippen MR) is 78.6 cm³/mol. The Labute approximate surface area is 123 Å². The lowest BCUT2D eigenvalue weighted by molar-refractivity contribution is 0.0746. The van der Waals surface area contributed by atoms with E-state index in [1.54, 1.807) is 4.90 Å². The summed E-state index contributed by atoms with van der Waals surface area (Å²) in [6.07, 6.45) is 2.85. The molecule has 0 aliphatic rings. The van der Waals surface area contributed by atoms with Crippen molar-refractivity contribution < 1.29 is 4.79 Å².